The molecule has 0 aliphatic heterocycles. The zero-order valence-electron chi connectivity index (χ0n) is 13.8. The maximum atomic E-state index is 12.7. The van der Waals surface area contributed by atoms with Crippen molar-refractivity contribution in [1.29, 1.82) is 0 Å². The molecule has 2 rings (SSSR count). The van der Waals surface area contributed by atoms with Gasteiger partial charge in [-0.3, -0.25) is 14.2 Å². The summed E-state index contributed by atoms with van der Waals surface area (Å²) in [6.07, 6.45) is 0. The summed E-state index contributed by atoms with van der Waals surface area (Å²) in [7, 11) is 0. The molecule has 0 spiro atoms. The molecule has 1 atom stereocenters. The van der Waals surface area contributed by atoms with E-state index in [1.165, 1.54) is 10.6 Å². The second kappa shape index (κ2) is 6.70. The van der Waals surface area contributed by atoms with Crippen LogP contribution in [0.5, 0.6) is 0 Å². The summed E-state index contributed by atoms with van der Waals surface area (Å²) in [5.41, 5.74) is -0.465. The third kappa shape index (κ3) is 3.37. The Morgan fingerprint density at radius 2 is 1.71 bits per heavy atom. The van der Waals surface area contributed by atoms with Crippen molar-refractivity contribution in [2.24, 2.45) is 0 Å². The van der Waals surface area contributed by atoms with Gasteiger partial charge in [0.2, 0.25) is 5.91 Å². The van der Waals surface area contributed by atoms with Crippen LogP contribution in [0.15, 0.2) is 53.3 Å². The van der Waals surface area contributed by atoms with Gasteiger partial charge in [-0.2, -0.15) is 0 Å². The summed E-state index contributed by atoms with van der Waals surface area (Å²) in [5.74, 6) is -1.71. The first-order chi connectivity index (χ1) is 11.2. The number of carboxylic acids is 1. The molecule has 6 nitrogen and oxygen atoms in total. The van der Waals surface area contributed by atoms with Crippen LogP contribution in [0.1, 0.15) is 31.1 Å². The van der Waals surface area contributed by atoms with Gasteiger partial charge in [-0.15, -0.1) is 0 Å². The Labute approximate surface area is 139 Å². The maximum Gasteiger partial charge on any atom is 0.330 e. The molecule has 2 aromatic rings. The lowest BCUT2D eigenvalue weighted by molar-refractivity contribution is -0.143. The van der Waals surface area contributed by atoms with E-state index in [4.69, 9.17) is 0 Å². The van der Waals surface area contributed by atoms with E-state index >= 15 is 0 Å². The monoisotopic (exact) mass is 328 g/mol. The van der Waals surface area contributed by atoms with E-state index in [1.807, 2.05) is 0 Å². The fourth-order valence-electron chi connectivity index (χ4n) is 2.65. The fourth-order valence-corrected chi connectivity index (χ4v) is 2.65. The van der Waals surface area contributed by atoms with Crippen LogP contribution in [-0.4, -0.2) is 21.6 Å². The van der Waals surface area contributed by atoms with Crippen LogP contribution in [-0.2, 0) is 15.1 Å². The van der Waals surface area contributed by atoms with Gasteiger partial charge in [0.1, 0.15) is 5.54 Å². The van der Waals surface area contributed by atoms with Gasteiger partial charge in [0, 0.05) is 11.8 Å². The van der Waals surface area contributed by atoms with Crippen molar-refractivity contribution < 1.29 is 14.7 Å². The summed E-state index contributed by atoms with van der Waals surface area (Å²) in [6, 6.07) is 12.0. The standard InChI is InChI=1S/C18H20N2O4/c1-12-8-7-11-14(21)20(12)18(2,3)17(24)19-15(16(22)23)13-9-5-4-6-10-13/h4-11,15H,1-3H3,(H,19,24)(H,22,23). The number of amides is 1. The predicted octanol–water partition coefficient (Wildman–Crippen LogP) is 1.83. The van der Waals surface area contributed by atoms with Crippen LogP contribution in [0.25, 0.3) is 0 Å². The molecule has 0 saturated carbocycles. The molecule has 0 fully saturated rings. The van der Waals surface area contributed by atoms with Crippen molar-refractivity contribution in [1.82, 2.24) is 9.88 Å². The van der Waals surface area contributed by atoms with E-state index in [0.717, 1.165) is 0 Å². The molecular formula is C18H20N2O4. The average Bonchev–Trinajstić information content (AvgIpc) is 2.52. The average molecular weight is 328 g/mol. The van der Waals surface area contributed by atoms with E-state index in [9.17, 15) is 19.5 Å². The Bertz CT molecular complexity index is 809. The number of carbonyl (C=O) groups excluding carboxylic acids is 1. The van der Waals surface area contributed by atoms with Crippen LogP contribution in [0, 0.1) is 6.92 Å². The number of aryl methyl sites for hydroxylation is 1. The van der Waals surface area contributed by atoms with Crippen molar-refractivity contribution in [2.45, 2.75) is 32.4 Å². The summed E-state index contributed by atoms with van der Waals surface area (Å²) >= 11 is 0. The van der Waals surface area contributed by atoms with Crippen LogP contribution < -0.4 is 10.9 Å². The van der Waals surface area contributed by atoms with Gasteiger partial charge in [0.05, 0.1) is 0 Å². The third-order valence-electron chi connectivity index (χ3n) is 3.92. The molecule has 0 aliphatic rings. The van der Waals surface area contributed by atoms with Gasteiger partial charge >= 0.3 is 5.97 Å². The Balaban J connectivity index is 2.36. The SMILES string of the molecule is Cc1cccc(=O)n1C(C)(C)C(=O)NC(C(=O)O)c1ccccc1. The van der Waals surface area contributed by atoms with E-state index in [2.05, 4.69) is 5.32 Å². The quantitative estimate of drug-likeness (QED) is 0.876. The summed E-state index contributed by atoms with van der Waals surface area (Å²) in [6.45, 7) is 4.89. The first-order valence-corrected chi connectivity index (χ1v) is 7.53. The van der Waals surface area contributed by atoms with Gasteiger partial charge in [0.25, 0.3) is 5.56 Å². The lowest BCUT2D eigenvalue weighted by Crippen LogP contribution is -2.51. The Morgan fingerprint density at radius 1 is 1.08 bits per heavy atom. The van der Waals surface area contributed by atoms with Gasteiger partial charge in [-0.25, -0.2) is 4.79 Å². The molecule has 0 radical (unpaired) electrons. The third-order valence-corrected chi connectivity index (χ3v) is 3.92. The normalized spacial score (nSPS) is 12.5. The van der Waals surface area contributed by atoms with E-state index in [0.29, 0.717) is 11.3 Å². The Hall–Kier alpha value is -2.89. The number of nitrogens with zero attached hydrogens (tertiary/aromatic N) is 1. The highest BCUT2D eigenvalue weighted by molar-refractivity contribution is 5.88. The zero-order valence-corrected chi connectivity index (χ0v) is 13.8. The summed E-state index contributed by atoms with van der Waals surface area (Å²) in [5, 5.41) is 12.0. The Kier molecular flexibility index (Phi) is 4.87. The molecule has 1 amide bonds. The van der Waals surface area contributed by atoms with Crippen molar-refractivity contribution in [3.8, 4) is 0 Å². The van der Waals surface area contributed by atoms with Gasteiger partial charge in [-0.1, -0.05) is 36.4 Å². The minimum absolute atomic E-state index is 0.318. The van der Waals surface area contributed by atoms with Crippen molar-refractivity contribution in [3.63, 3.8) is 0 Å². The molecule has 1 aromatic heterocycles. The summed E-state index contributed by atoms with van der Waals surface area (Å²) < 4.78 is 1.35. The van der Waals surface area contributed by atoms with Crippen LogP contribution in [0.3, 0.4) is 0 Å². The maximum absolute atomic E-state index is 12.7. The first-order valence-electron chi connectivity index (χ1n) is 7.53. The number of carbonyl (C=O) groups is 2. The number of hydrogen-bond acceptors (Lipinski definition) is 3. The molecule has 126 valence electrons. The first kappa shape index (κ1) is 17.5. The van der Waals surface area contributed by atoms with Crippen molar-refractivity contribution >= 4 is 11.9 Å². The number of carboxylic acid groups (broad SMARTS) is 1. The van der Waals surface area contributed by atoms with Crippen LogP contribution in [0.4, 0.5) is 0 Å². The number of benzene rings is 1. The zero-order chi connectivity index (χ0) is 17.9. The lowest BCUT2D eigenvalue weighted by Gasteiger charge is -2.29. The molecule has 1 aromatic carbocycles. The molecule has 0 aliphatic carbocycles. The number of pyridine rings is 1. The number of aliphatic carboxylic acids is 1. The van der Waals surface area contributed by atoms with Crippen molar-refractivity contribution in [3.05, 3.63) is 70.1 Å². The highest BCUT2D eigenvalue weighted by atomic mass is 16.4. The lowest BCUT2D eigenvalue weighted by atomic mass is 10.00. The van der Waals surface area contributed by atoms with Gasteiger partial charge in [0.15, 0.2) is 6.04 Å². The smallest absolute Gasteiger partial charge is 0.330 e. The van der Waals surface area contributed by atoms with E-state index < -0.39 is 23.5 Å². The van der Waals surface area contributed by atoms with Crippen LogP contribution in [0.2, 0.25) is 0 Å². The predicted molar refractivity (Wildman–Crippen MR) is 89.7 cm³/mol. The molecule has 0 bridgehead atoms. The molecule has 0 saturated heterocycles. The van der Waals surface area contributed by atoms with Gasteiger partial charge in [-0.05, 0) is 32.4 Å². The molecule has 1 heterocycles. The number of nitrogens with one attached hydrogen (secondary N) is 1. The largest absolute Gasteiger partial charge is 0.479 e. The second-order valence-corrected chi connectivity index (χ2v) is 6.06. The summed E-state index contributed by atoms with van der Waals surface area (Å²) in [4.78, 5) is 36.4. The number of rotatable bonds is 5. The molecule has 6 heteroatoms. The van der Waals surface area contributed by atoms with Crippen molar-refractivity contribution in [2.75, 3.05) is 0 Å². The topological polar surface area (TPSA) is 88.4 Å². The minimum atomic E-state index is -1.23. The second-order valence-electron chi connectivity index (χ2n) is 6.06. The Morgan fingerprint density at radius 3 is 2.25 bits per heavy atom. The highest BCUT2D eigenvalue weighted by Crippen LogP contribution is 2.19. The van der Waals surface area contributed by atoms with Crippen LogP contribution >= 0.6 is 0 Å². The fraction of sp³-hybridized carbons (Fsp3) is 0.278. The minimum Gasteiger partial charge on any atom is -0.479 e. The van der Waals surface area contributed by atoms with E-state index in [-0.39, 0.29) is 5.56 Å². The number of aromatic nitrogens is 1. The molecule has 2 N–H and O–H groups in total. The van der Waals surface area contributed by atoms with E-state index in [1.54, 1.807) is 63.2 Å². The van der Waals surface area contributed by atoms with Gasteiger partial charge < -0.3 is 10.4 Å². The molecular weight excluding hydrogens is 308 g/mol. The molecule has 1 unspecified atom stereocenters. The molecule has 24 heavy (non-hydrogen) atoms. The highest BCUT2D eigenvalue weighted by Gasteiger charge is 2.34. The number of hydrogen-bond donors (Lipinski definition) is 2.